The zero-order valence-electron chi connectivity index (χ0n) is 9.41. The van der Waals surface area contributed by atoms with Crippen LogP contribution in [0, 0.1) is 0 Å². The van der Waals surface area contributed by atoms with Crippen LogP contribution in [-0.4, -0.2) is 31.1 Å². The lowest BCUT2D eigenvalue weighted by atomic mass is 10.1. The smallest absolute Gasteiger partial charge is 0.0187 e. The molecule has 0 radical (unpaired) electrons. The van der Waals surface area contributed by atoms with Gasteiger partial charge in [-0.25, -0.2) is 0 Å². The molecular weight excluding hydrogens is 252 g/mol. The molecule has 0 spiro atoms. The van der Waals surface area contributed by atoms with Crippen LogP contribution < -0.4 is 5.73 Å². The molecule has 1 atom stereocenters. The summed E-state index contributed by atoms with van der Waals surface area (Å²) in [5, 5.41) is 0. The number of hydrogen-bond acceptors (Lipinski definition) is 2. The van der Waals surface area contributed by atoms with E-state index in [9.17, 15) is 0 Å². The van der Waals surface area contributed by atoms with Gasteiger partial charge in [0.1, 0.15) is 0 Å². The molecule has 2 N–H and O–H groups in total. The van der Waals surface area contributed by atoms with Crippen LogP contribution in [0.4, 0.5) is 0 Å². The van der Waals surface area contributed by atoms with Crippen molar-refractivity contribution in [1.82, 2.24) is 4.90 Å². The van der Waals surface area contributed by atoms with Crippen LogP contribution in [0.5, 0.6) is 0 Å². The first-order valence-electron chi connectivity index (χ1n) is 5.28. The topological polar surface area (TPSA) is 29.3 Å². The van der Waals surface area contributed by atoms with E-state index in [0.29, 0.717) is 6.04 Å². The highest BCUT2D eigenvalue weighted by atomic mass is 79.9. The molecular formula is C12H19BrN2. The van der Waals surface area contributed by atoms with Gasteiger partial charge in [0, 0.05) is 23.6 Å². The Hall–Kier alpha value is -0.380. The van der Waals surface area contributed by atoms with Gasteiger partial charge in [0.25, 0.3) is 0 Å². The van der Waals surface area contributed by atoms with Gasteiger partial charge in [-0.2, -0.15) is 0 Å². The number of nitrogens with two attached hydrogens (primary N) is 1. The number of benzene rings is 1. The van der Waals surface area contributed by atoms with Crippen LogP contribution in [0.15, 0.2) is 28.7 Å². The maximum atomic E-state index is 5.61. The van der Waals surface area contributed by atoms with E-state index in [0.717, 1.165) is 24.0 Å². The lowest BCUT2D eigenvalue weighted by Crippen LogP contribution is -2.36. The summed E-state index contributed by atoms with van der Waals surface area (Å²) in [6, 6.07) is 8.94. The average molecular weight is 271 g/mol. The van der Waals surface area contributed by atoms with Gasteiger partial charge in [0.15, 0.2) is 0 Å². The second-order valence-corrected chi connectivity index (χ2v) is 4.86. The molecule has 1 unspecified atom stereocenters. The summed E-state index contributed by atoms with van der Waals surface area (Å²) in [5.74, 6) is 0. The molecule has 0 fully saturated rings. The van der Waals surface area contributed by atoms with Crippen molar-refractivity contribution in [3.05, 3.63) is 34.3 Å². The third-order valence-electron chi connectivity index (χ3n) is 2.76. The van der Waals surface area contributed by atoms with Gasteiger partial charge in [-0.1, -0.05) is 28.1 Å². The molecule has 0 heterocycles. The van der Waals surface area contributed by atoms with E-state index in [1.165, 1.54) is 5.56 Å². The van der Waals surface area contributed by atoms with E-state index in [1.807, 2.05) is 0 Å². The molecule has 1 rings (SSSR count). The maximum Gasteiger partial charge on any atom is 0.0187 e. The van der Waals surface area contributed by atoms with Crippen LogP contribution in [0.1, 0.15) is 12.5 Å². The average Bonchev–Trinajstić information content (AvgIpc) is 2.26. The summed E-state index contributed by atoms with van der Waals surface area (Å²) in [6.45, 7) is 3.93. The van der Waals surface area contributed by atoms with Gasteiger partial charge in [0.2, 0.25) is 0 Å². The Labute approximate surface area is 101 Å². The van der Waals surface area contributed by atoms with E-state index in [4.69, 9.17) is 5.73 Å². The van der Waals surface area contributed by atoms with Gasteiger partial charge >= 0.3 is 0 Å². The molecule has 0 amide bonds. The summed E-state index contributed by atoms with van der Waals surface area (Å²) in [6.07, 6.45) is 1.08. The van der Waals surface area contributed by atoms with Gasteiger partial charge in [-0.3, -0.25) is 0 Å². The van der Waals surface area contributed by atoms with Crippen molar-refractivity contribution in [2.75, 3.05) is 20.1 Å². The second kappa shape index (κ2) is 6.26. The van der Waals surface area contributed by atoms with E-state index in [1.54, 1.807) is 0 Å². The summed E-state index contributed by atoms with van der Waals surface area (Å²) in [4.78, 5) is 2.29. The minimum Gasteiger partial charge on any atom is -0.329 e. The molecule has 1 aromatic rings. The Kier molecular flexibility index (Phi) is 5.29. The van der Waals surface area contributed by atoms with Crippen molar-refractivity contribution in [1.29, 1.82) is 0 Å². The van der Waals surface area contributed by atoms with Crippen LogP contribution in [0.2, 0.25) is 0 Å². The largest absolute Gasteiger partial charge is 0.329 e. The molecule has 3 heteroatoms. The highest BCUT2D eigenvalue weighted by Crippen LogP contribution is 2.11. The highest BCUT2D eigenvalue weighted by molar-refractivity contribution is 9.10. The quantitative estimate of drug-likeness (QED) is 0.890. The molecule has 0 aliphatic rings. The number of rotatable bonds is 5. The van der Waals surface area contributed by atoms with Crippen LogP contribution in [-0.2, 0) is 6.42 Å². The Morgan fingerprint density at radius 3 is 2.47 bits per heavy atom. The minimum absolute atomic E-state index is 0.459. The Bertz CT molecular complexity index is 284. The standard InChI is InChI=1S/C12H19BrN2/c1-10(9-14)15(2)8-7-11-3-5-12(13)6-4-11/h3-6,10H,7-9,14H2,1-2H3. The van der Waals surface area contributed by atoms with E-state index >= 15 is 0 Å². The molecule has 84 valence electrons. The summed E-state index contributed by atoms with van der Waals surface area (Å²) < 4.78 is 1.13. The van der Waals surface area contributed by atoms with Gasteiger partial charge in [-0.15, -0.1) is 0 Å². The normalized spacial score (nSPS) is 13.1. The summed E-state index contributed by atoms with van der Waals surface area (Å²) >= 11 is 3.43. The Balaban J connectivity index is 2.40. The first-order valence-corrected chi connectivity index (χ1v) is 6.07. The van der Waals surface area contributed by atoms with Crippen molar-refractivity contribution in [3.63, 3.8) is 0 Å². The van der Waals surface area contributed by atoms with Gasteiger partial charge < -0.3 is 10.6 Å². The SMILES string of the molecule is CC(CN)N(C)CCc1ccc(Br)cc1. The first kappa shape index (κ1) is 12.7. The van der Waals surface area contributed by atoms with E-state index in [-0.39, 0.29) is 0 Å². The predicted molar refractivity (Wildman–Crippen MR) is 69.0 cm³/mol. The Morgan fingerprint density at radius 1 is 1.33 bits per heavy atom. The number of nitrogens with zero attached hydrogens (tertiary/aromatic N) is 1. The summed E-state index contributed by atoms with van der Waals surface area (Å²) in [5.41, 5.74) is 6.98. The molecule has 15 heavy (non-hydrogen) atoms. The van der Waals surface area contributed by atoms with E-state index in [2.05, 4.69) is 59.1 Å². The monoisotopic (exact) mass is 270 g/mol. The fourth-order valence-corrected chi connectivity index (χ4v) is 1.62. The maximum absolute atomic E-state index is 5.61. The van der Waals surface area contributed by atoms with Crippen molar-refractivity contribution in [3.8, 4) is 0 Å². The zero-order chi connectivity index (χ0) is 11.3. The highest BCUT2D eigenvalue weighted by Gasteiger charge is 2.06. The molecule has 2 nitrogen and oxygen atoms in total. The molecule has 0 bridgehead atoms. The number of hydrogen-bond donors (Lipinski definition) is 1. The molecule has 0 saturated carbocycles. The second-order valence-electron chi connectivity index (χ2n) is 3.94. The van der Waals surface area contributed by atoms with Crippen LogP contribution >= 0.6 is 15.9 Å². The van der Waals surface area contributed by atoms with Crippen molar-refractivity contribution in [2.45, 2.75) is 19.4 Å². The van der Waals surface area contributed by atoms with Crippen LogP contribution in [0.3, 0.4) is 0 Å². The molecule has 1 aromatic carbocycles. The fourth-order valence-electron chi connectivity index (χ4n) is 1.36. The van der Waals surface area contributed by atoms with Crippen LogP contribution in [0.25, 0.3) is 0 Å². The first-order chi connectivity index (χ1) is 7.13. The van der Waals surface area contributed by atoms with Crippen molar-refractivity contribution < 1.29 is 0 Å². The van der Waals surface area contributed by atoms with Gasteiger partial charge in [-0.05, 0) is 38.1 Å². The Morgan fingerprint density at radius 2 is 1.93 bits per heavy atom. The third kappa shape index (κ3) is 4.33. The molecule has 0 saturated heterocycles. The third-order valence-corrected chi connectivity index (χ3v) is 3.29. The lowest BCUT2D eigenvalue weighted by molar-refractivity contribution is 0.266. The van der Waals surface area contributed by atoms with E-state index < -0.39 is 0 Å². The molecule has 0 aliphatic heterocycles. The molecule has 0 aromatic heterocycles. The molecule has 0 aliphatic carbocycles. The fraction of sp³-hybridized carbons (Fsp3) is 0.500. The number of likely N-dealkylation sites (N-methyl/N-ethyl adjacent to an activating group) is 1. The minimum atomic E-state index is 0.459. The van der Waals surface area contributed by atoms with Crippen molar-refractivity contribution >= 4 is 15.9 Å². The number of halogens is 1. The van der Waals surface area contributed by atoms with Gasteiger partial charge in [0.05, 0.1) is 0 Å². The predicted octanol–water partition coefficient (Wildman–Crippen LogP) is 2.27. The summed E-state index contributed by atoms with van der Waals surface area (Å²) in [7, 11) is 2.12. The van der Waals surface area contributed by atoms with Crippen molar-refractivity contribution in [2.24, 2.45) is 5.73 Å². The zero-order valence-corrected chi connectivity index (χ0v) is 11.0. The lowest BCUT2D eigenvalue weighted by Gasteiger charge is -2.23.